The molecule has 0 aliphatic carbocycles. The molecule has 1 aromatic rings. The Labute approximate surface area is 88.0 Å². The van der Waals surface area contributed by atoms with E-state index in [0.29, 0.717) is 13.1 Å². The van der Waals surface area contributed by atoms with Crippen LogP contribution in [0.25, 0.3) is 0 Å². The molecule has 1 rings (SSSR count). The van der Waals surface area contributed by atoms with Gasteiger partial charge in [0.2, 0.25) is 5.91 Å². The summed E-state index contributed by atoms with van der Waals surface area (Å²) >= 11 is 1.59. The monoisotopic (exact) mass is 213 g/mol. The van der Waals surface area contributed by atoms with Crippen LogP contribution in [0.2, 0.25) is 0 Å². The largest absolute Gasteiger partial charge is 0.345 e. The standard InChI is InChI=1S/C9H15N3OS/c1-3-12(2)9(13)6-10-4-8-5-11-7-14-8/h5,7,10H,3-4,6H2,1-2H3. The Hall–Kier alpha value is -0.940. The molecule has 1 aromatic heterocycles. The Morgan fingerprint density at radius 1 is 1.71 bits per heavy atom. The topological polar surface area (TPSA) is 45.2 Å². The highest BCUT2D eigenvalue weighted by Crippen LogP contribution is 2.03. The summed E-state index contributed by atoms with van der Waals surface area (Å²) in [5.74, 6) is 0.122. The van der Waals surface area contributed by atoms with Gasteiger partial charge in [-0.15, -0.1) is 11.3 Å². The van der Waals surface area contributed by atoms with Crippen molar-refractivity contribution in [1.29, 1.82) is 0 Å². The molecule has 0 spiro atoms. The van der Waals surface area contributed by atoms with Gasteiger partial charge in [-0.25, -0.2) is 0 Å². The van der Waals surface area contributed by atoms with Crippen LogP contribution in [0.1, 0.15) is 11.8 Å². The summed E-state index contributed by atoms with van der Waals surface area (Å²) in [4.78, 5) is 18.2. The number of rotatable bonds is 5. The molecule has 0 saturated carbocycles. The van der Waals surface area contributed by atoms with Gasteiger partial charge in [-0.05, 0) is 6.92 Å². The number of hydrogen-bond donors (Lipinski definition) is 1. The van der Waals surface area contributed by atoms with Gasteiger partial charge in [0.05, 0.1) is 12.1 Å². The summed E-state index contributed by atoms with van der Waals surface area (Å²) in [6.45, 7) is 3.82. The van der Waals surface area contributed by atoms with Gasteiger partial charge in [-0.2, -0.15) is 0 Å². The summed E-state index contributed by atoms with van der Waals surface area (Å²) in [6.07, 6.45) is 1.81. The Kier molecular flexibility index (Phi) is 4.55. The molecule has 0 atom stereocenters. The fourth-order valence-corrected chi connectivity index (χ4v) is 1.50. The second kappa shape index (κ2) is 5.72. The minimum Gasteiger partial charge on any atom is -0.345 e. The summed E-state index contributed by atoms with van der Waals surface area (Å²) in [5.41, 5.74) is 1.79. The quantitative estimate of drug-likeness (QED) is 0.783. The fraction of sp³-hybridized carbons (Fsp3) is 0.556. The average Bonchev–Trinajstić information content (AvgIpc) is 2.69. The minimum absolute atomic E-state index is 0.122. The van der Waals surface area contributed by atoms with E-state index in [2.05, 4.69) is 10.3 Å². The maximum Gasteiger partial charge on any atom is 0.236 e. The van der Waals surface area contributed by atoms with E-state index >= 15 is 0 Å². The predicted octanol–water partition coefficient (Wildman–Crippen LogP) is 0.711. The van der Waals surface area contributed by atoms with E-state index < -0.39 is 0 Å². The lowest BCUT2D eigenvalue weighted by atomic mass is 10.4. The first kappa shape index (κ1) is 11.1. The third-order valence-electron chi connectivity index (χ3n) is 1.96. The van der Waals surface area contributed by atoms with E-state index in [0.717, 1.165) is 11.4 Å². The normalized spacial score (nSPS) is 10.1. The zero-order valence-corrected chi connectivity index (χ0v) is 9.30. The Morgan fingerprint density at radius 3 is 3.07 bits per heavy atom. The lowest BCUT2D eigenvalue weighted by Crippen LogP contribution is -2.34. The van der Waals surface area contributed by atoms with E-state index in [1.165, 1.54) is 0 Å². The van der Waals surface area contributed by atoms with E-state index in [-0.39, 0.29) is 5.91 Å². The first-order valence-electron chi connectivity index (χ1n) is 4.56. The minimum atomic E-state index is 0.122. The van der Waals surface area contributed by atoms with Crippen molar-refractivity contribution in [3.63, 3.8) is 0 Å². The predicted molar refractivity (Wildman–Crippen MR) is 57.1 cm³/mol. The van der Waals surface area contributed by atoms with Gasteiger partial charge >= 0.3 is 0 Å². The van der Waals surface area contributed by atoms with Crippen LogP contribution in [0.15, 0.2) is 11.7 Å². The summed E-state index contributed by atoms with van der Waals surface area (Å²) in [5, 5.41) is 3.08. The molecule has 14 heavy (non-hydrogen) atoms. The van der Waals surface area contributed by atoms with Crippen molar-refractivity contribution in [3.05, 3.63) is 16.6 Å². The number of nitrogens with zero attached hydrogens (tertiary/aromatic N) is 2. The second-order valence-corrected chi connectivity index (χ2v) is 3.95. The van der Waals surface area contributed by atoms with Gasteiger partial charge in [-0.1, -0.05) is 0 Å². The molecule has 1 N–H and O–H groups in total. The van der Waals surface area contributed by atoms with Gasteiger partial charge in [0.15, 0.2) is 0 Å². The van der Waals surface area contributed by atoms with Crippen molar-refractivity contribution in [2.75, 3.05) is 20.1 Å². The van der Waals surface area contributed by atoms with Crippen molar-refractivity contribution < 1.29 is 4.79 Å². The molecule has 78 valence electrons. The van der Waals surface area contributed by atoms with Crippen LogP contribution < -0.4 is 5.32 Å². The van der Waals surface area contributed by atoms with Gasteiger partial charge in [0.1, 0.15) is 0 Å². The maximum atomic E-state index is 11.4. The molecule has 1 amide bonds. The number of thiazole rings is 1. The number of carbonyl (C=O) groups excluding carboxylic acids is 1. The van der Waals surface area contributed by atoms with Crippen LogP contribution in [0.3, 0.4) is 0 Å². The van der Waals surface area contributed by atoms with Crippen molar-refractivity contribution in [3.8, 4) is 0 Å². The van der Waals surface area contributed by atoms with Crippen LogP contribution >= 0.6 is 11.3 Å². The van der Waals surface area contributed by atoms with E-state index in [9.17, 15) is 4.79 Å². The molecule has 0 aliphatic rings. The Bertz CT molecular complexity index is 274. The first-order valence-corrected chi connectivity index (χ1v) is 5.44. The van der Waals surface area contributed by atoms with Crippen molar-refractivity contribution in [2.45, 2.75) is 13.5 Å². The van der Waals surface area contributed by atoms with Crippen LogP contribution in [-0.4, -0.2) is 35.9 Å². The summed E-state index contributed by atoms with van der Waals surface area (Å²) in [6, 6.07) is 0. The van der Waals surface area contributed by atoms with Crippen molar-refractivity contribution in [1.82, 2.24) is 15.2 Å². The van der Waals surface area contributed by atoms with E-state index in [4.69, 9.17) is 0 Å². The number of amides is 1. The first-order chi connectivity index (χ1) is 6.74. The third-order valence-corrected chi connectivity index (χ3v) is 2.74. The van der Waals surface area contributed by atoms with E-state index in [1.54, 1.807) is 28.8 Å². The van der Waals surface area contributed by atoms with Crippen molar-refractivity contribution in [2.24, 2.45) is 0 Å². The van der Waals surface area contributed by atoms with Gasteiger partial charge in [0.25, 0.3) is 0 Å². The highest BCUT2D eigenvalue weighted by molar-refractivity contribution is 7.09. The average molecular weight is 213 g/mol. The molecule has 1 heterocycles. The molecule has 0 saturated heterocycles. The Morgan fingerprint density at radius 2 is 2.50 bits per heavy atom. The SMILES string of the molecule is CCN(C)C(=O)CNCc1cncs1. The molecule has 0 aliphatic heterocycles. The van der Waals surface area contributed by atoms with Crippen LogP contribution in [0, 0.1) is 0 Å². The van der Waals surface area contributed by atoms with Gasteiger partial charge in [0, 0.05) is 31.2 Å². The zero-order valence-electron chi connectivity index (χ0n) is 8.49. The van der Waals surface area contributed by atoms with Gasteiger partial charge in [-0.3, -0.25) is 9.78 Å². The molecular weight excluding hydrogens is 198 g/mol. The molecule has 0 fully saturated rings. The molecule has 4 nitrogen and oxygen atoms in total. The summed E-state index contributed by atoms with van der Waals surface area (Å²) < 4.78 is 0. The van der Waals surface area contributed by atoms with Crippen molar-refractivity contribution >= 4 is 17.2 Å². The maximum absolute atomic E-state index is 11.4. The summed E-state index contributed by atoms with van der Waals surface area (Å²) in [7, 11) is 1.80. The zero-order chi connectivity index (χ0) is 10.4. The Balaban J connectivity index is 2.18. The number of hydrogen-bond acceptors (Lipinski definition) is 4. The molecule has 0 unspecified atom stereocenters. The smallest absolute Gasteiger partial charge is 0.236 e. The third kappa shape index (κ3) is 3.43. The molecule has 0 bridgehead atoms. The lowest BCUT2D eigenvalue weighted by Gasteiger charge is -2.14. The van der Waals surface area contributed by atoms with Crippen LogP contribution in [-0.2, 0) is 11.3 Å². The number of nitrogens with one attached hydrogen (secondary N) is 1. The number of carbonyl (C=O) groups is 1. The highest BCUT2D eigenvalue weighted by Gasteiger charge is 2.05. The van der Waals surface area contributed by atoms with Gasteiger partial charge < -0.3 is 10.2 Å². The highest BCUT2D eigenvalue weighted by atomic mass is 32.1. The lowest BCUT2D eigenvalue weighted by molar-refractivity contribution is -0.128. The van der Waals surface area contributed by atoms with Crippen LogP contribution in [0.5, 0.6) is 0 Å². The molecule has 5 heteroatoms. The fourth-order valence-electron chi connectivity index (χ4n) is 0.933. The second-order valence-electron chi connectivity index (χ2n) is 2.98. The molecular formula is C9H15N3OS. The number of likely N-dealkylation sites (N-methyl/N-ethyl adjacent to an activating group) is 1. The molecule has 0 radical (unpaired) electrons. The van der Waals surface area contributed by atoms with E-state index in [1.807, 2.05) is 13.1 Å². The number of aromatic nitrogens is 1. The molecule has 0 aromatic carbocycles. The van der Waals surface area contributed by atoms with Crippen LogP contribution in [0.4, 0.5) is 0 Å².